The molecule has 0 radical (unpaired) electrons. The van der Waals surface area contributed by atoms with E-state index < -0.39 is 17.9 Å². The van der Waals surface area contributed by atoms with E-state index in [4.69, 9.17) is 9.84 Å². The highest BCUT2D eigenvalue weighted by atomic mass is 16.5. The van der Waals surface area contributed by atoms with Crippen LogP contribution in [0.4, 0.5) is 0 Å². The smallest absolute Gasteiger partial charge is 0.308 e. The fourth-order valence-electron chi connectivity index (χ4n) is 2.43. The zero-order chi connectivity index (χ0) is 18.2. The summed E-state index contributed by atoms with van der Waals surface area (Å²) in [6.07, 6.45) is -0.361. The Balaban J connectivity index is 2.03. The van der Waals surface area contributed by atoms with Gasteiger partial charge >= 0.3 is 5.97 Å². The van der Waals surface area contributed by atoms with Crippen molar-refractivity contribution in [3.05, 3.63) is 71.8 Å². The second kappa shape index (κ2) is 8.99. The normalized spacial score (nSPS) is 13.2. The van der Waals surface area contributed by atoms with E-state index in [1.165, 1.54) is 0 Å². The molecule has 0 heterocycles. The van der Waals surface area contributed by atoms with E-state index in [-0.39, 0.29) is 18.6 Å². The number of benzene rings is 2. The van der Waals surface area contributed by atoms with Gasteiger partial charge in [-0.3, -0.25) is 9.59 Å². The lowest BCUT2D eigenvalue weighted by atomic mass is 10.0. The molecule has 1 amide bonds. The molecule has 5 heteroatoms. The molecule has 132 valence electrons. The highest BCUT2D eigenvalue weighted by Crippen LogP contribution is 2.25. The van der Waals surface area contributed by atoms with E-state index in [0.29, 0.717) is 0 Å². The van der Waals surface area contributed by atoms with Crippen molar-refractivity contribution in [2.75, 3.05) is 6.61 Å². The molecule has 0 saturated heterocycles. The molecule has 25 heavy (non-hydrogen) atoms. The minimum atomic E-state index is -0.944. The lowest BCUT2D eigenvalue weighted by Gasteiger charge is -2.21. The fourth-order valence-corrected chi connectivity index (χ4v) is 2.43. The van der Waals surface area contributed by atoms with Crippen LogP contribution >= 0.6 is 0 Å². The minimum absolute atomic E-state index is 0.148. The molecule has 2 N–H and O–H groups in total. The predicted molar refractivity (Wildman–Crippen MR) is 95.1 cm³/mol. The van der Waals surface area contributed by atoms with Crippen LogP contribution < -0.4 is 5.32 Å². The number of nitrogens with one attached hydrogen (secondary N) is 1. The summed E-state index contributed by atoms with van der Waals surface area (Å²) in [5, 5.41) is 11.7. The van der Waals surface area contributed by atoms with Crippen molar-refractivity contribution in [1.29, 1.82) is 0 Å². The molecule has 0 saturated carbocycles. The van der Waals surface area contributed by atoms with Gasteiger partial charge in [-0.15, -0.1) is 0 Å². The Hall–Kier alpha value is -2.66. The molecule has 0 aliphatic heterocycles. The number of carboxylic acid groups (broad SMARTS) is 1. The van der Waals surface area contributed by atoms with Crippen LogP contribution in [0.25, 0.3) is 0 Å². The Kier molecular flexibility index (Phi) is 6.71. The van der Waals surface area contributed by atoms with Crippen LogP contribution in [0.5, 0.6) is 0 Å². The standard InChI is InChI=1S/C20H23NO4/c1-14(20(23)24)15(2)21-18(22)13-25-19(16-9-5-3-6-10-16)17-11-7-4-8-12-17/h3-12,14-15,19H,13H2,1-2H3,(H,21,22)(H,23,24). The van der Waals surface area contributed by atoms with E-state index in [9.17, 15) is 9.59 Å². The molecule has 0 fully saturated rings. The molecule has 0 aliphatic rings. The molecule has 2 aromatic rings. The van der Waals surface area contributed by atoms with Gasteiger partial charge in [0.1, 0.15) is 12.7 Å². The topological polar surface area (TPSA) is 75.6 Å². The molecular formula is C20H23NO4. The van der Waals surface area contributed by atoms with Crippen molar-refractivity contribution in [2.24, 2.45) is 5.92 Å². The minimum Gasteiger partial charge on any atom is -0.481 e. The average Bonchev–Trinajstić information content (AvgIpc) is 2.63. The third-order valence-corrected chi connectivity index (χ3v) is 4.11. The summed E-state index contributed by atoms with van der Waals surface area (Å²) in [5.41, 5.74) is 1.90. The molecular weight excluding hydrogens is 318 g/mol. The molecule has 0 aromatic heterocycles. The fraction of sp³-hybridized carbons (Fsp3) is 0.300. The van der Waals surface area contributed by atoms with Crippen LogP contribution in [0.1, 0.15) is 31.1 Å². The van der Waals surface area contributed by atoms with Crippen molar-refractivity contribution in [2.45, 2.75) is 26.0 Å². The summed E-state index contributed by atoms with van der Waals surface area (Å²) < 4.78 is 5.86. The van der Waals surface area contributed by atoms with Gasteiger partial charge in [0.2, 0.25) is 5.91 Å². The Bertz CT molecular complexity index is 648. The highest BCUT2D eigenvalue weighted by molar-refractivity contribution is 5.79. The Labute approximate surface area is 147 Å². The SMILES string of the molecule is CC(NC(=O)COC(c1ccccc1)c1ccccc1)C(C)C(=O)O. The number of carbonyl (C=O) groups is 2. The van der Waals surface area contributed by atoms with Crippen molar-refractivity contribution in [3.63, 3.8) is 0 Å². The zero-order valence-electron chi connectivity index (χ0n) is 14.4. The first-order chi connectivity index (χ1) is 12.0. The quantitative estimate of drug-likeness (QED) is 0.774. The molecule has 2 aromatic carbocycles. The van der Waals surface area contributed by atoms with E-state index in [1.54, 1.807) is 13.8 Å². The predicted octanol–water partition coefficient (Wildman–Crippen LogP) is 3.02. The third kappa shape index (κ3) is 5.43. The van der Waals surface area contributed by atoms with E-state index in [2.05, 4.69) is 5.32 Å². The number of rotatable bonds is 8. The number of hydrogen-bond acceptors (Lipinski definition) is 3. The summed E-state index contributed by atoms with van der Waals surface area (Å²) in [7, 11) is 0. The third-order valence-electron chi connectivity index (χ3n) is 4.11. The molecule has 0 aliphatic carbocycles. The average molecular weight is 341 g/mol. The van der Waals surface area contributed by atoms with Gasteiger partial charge in [-0.1, -0.05) is 60.7 Å². The molecule has 0 bridgehead atoms. The van der Waals surface area contributed by atoms with Crippen molar-refractivity contribution >= 4 is 11.9 Å². The maximum atomic E-state index is 12.1. The largest absolute Gasteiger partial charge is 0.481 e. The first-order valence-corrected chi connectivity index (χ1v) is 8.22. The lowest BCUT2D eigenvalue weighted by Crippen LogP contribution is -2.41. The van der Waals surface area contributed by atoms with Gasteiger partial charge in [-0.2, -0.15) is 0 Å². The molecule has 0 spiro atoms. The van der Waals surface area contributed by atoms with Crippen LogP contribution in [0.2, 0.25) is 0 Å². The highest BCUT2D eigenvalue weighted by Gasteiger charge is 2.22. The van der Waals surface area contributed by atoms with Gasteiger partial charge < -0.3 is 15.2 Å². The Morgan fingerprint density at radius 1 is 0.960 bits per heavy atom. The maximum Gasteiger partial charge on any atom is 0.308 e. The van der Waals surface area contributed by atoms with Crippen LogP contribution in [0.3, 0.4) is 0 Å². The van der Waals surface area contributed by atoms with Crippen molar-refractivity contribution in [3.8, 4) is 0 Å². The van der Waals surface area contributed by atoms with Gasteiger partial charge in [0.05, 0.1) is 5.92 Å². The van der Waals surface area contributed by atoms with Gasteiger partial charge in [0.25, 0.3) is 0 Å². The summed E-state index contributed by atoms with van der Waals surface area (Å²) >= 11 is 0. The van der Waals surface area contributed by atoms with Crippen molar-refractivity contribution < 1.29 is 19.4 Å². The molecule has 2 atom stereocenters. The molecule has 2 rings (SSSR count). The second-order valence-electron chi connectivity index (χ2n) is 6.00. The monoisotopic (exact) mass is 341 g/mol. The summed E-state index contributed by atoms with van der Waals surface area (Å²) in [4.78, 5) is 23.1. The number of carbonyl (C=O) groups excluding carboxylic acids is 1. The summed E-state index contributed by atoms with van der Waals surface area (Å²) in [5.74, 6) is -1.94. The van der Waals surface area contributed by atoms with E-state index in [1.807, 2.05) is 60.7 Å². The Morgan fingerprint density at radius 2 is 1.44 bits per heavy atom. The van der Waals surface area contributed by atoms with E-state index in [0.717, 1.165) is 11.1 Å². The lowest BCUT2D eigenvalue weighted by molar-refractivity contribution is -0.142. The van der Waals surface area contributed by atoms with Crippen LogP contribution in [0.15, 0.2) is 60.7 Å². The summed E-state index contributed by atoms with van der Waals surface area (Å²) in [6.45, 7) is 3.08. The van der Waals surface area contributed by atoms with Gasteiger partial charge in [0, 0.05) is 6.04 Å². The van der Waals surface area contributed by atoms with Crippen LogP contribution in [0, 0.1) is 5.92 Å². The zero-order valence-corrected chi connectivity index (χ0v) is 14.4. The van der Waals surface area contributed by atoms with Gasteiger partial charge in [-0.25, -0.2) is 0 Å². The number of carboxylic acids is 1. The summed E-state index contributed by atoms with van der Waals surface area (Å²) in [6, 6.07) is 18.9. The number of ether oxygens (including phenoxy) is 1. The molecule has 2 unspecified atom stereocenters. The van der Waals surface area contributed by atoms with Gasteiger partial charge in [0.15, 0.2) is 0 Å². The first kappa shape index (κ1) is 18.7. The van der Waals surface area contributed by atoms with Crippen molar-refractivity contribution in [1.82, 2.24) is 5.32 Å². The number of hydrogen-bond donors (Lipinski definition) is 2. The second-order valence-corrected chi connectivity index (χ2v) is 6.00. The first-order valence-electron chi connectivity index (χ1n) is 8.22. The van der Waals surface area contributed by atoms with Crippen LogP contribution in [-0.2, 0) is 14.3 Å². The number of aliphatic carboxylic acids is 1. The van der Waals surface area contributed by atoms with Crippen LogP contribution in [-0.4, -0.2) is 29.6 Å². The van der Waals surface area contributed by atoms with Gasteiger partial charge in [-0.05, 0) is 25.0 Å². The maximum absolute atomic E-state index is 12.1. The van der Waals surface area contributed by atoms with E-state index >= 15 is 0 Å². The number of amides is 1. The Morgan fingerprint density at radius 3 is 1.88 bits per heavy atom. The molecule has 5 nitrogen and oxygen atoms in total.